The van der Waals surface area contributed by atoms with Crippen LogP contribution in [0.15, 0.2) is 65.3 Å². The van der Waals surface area contributed by atoms with Gasteiger partial charge in [0.1, 0.15) is 17.8 Å². The summed E-state index contributed by atoms with van der Waals surface area (Å²) in [6, 6.07) is 16.9. The van der Waals surface area contributed by atoms with Gasteiger partial charge >= 0.3 is 6.03 Å². The van der Waals surface area contributed by atoms with Crippen LogP contribution in [0, 0.1) is 12.8 Å². The van der Waals surface area contributed by atoms with Crippen LogP contribution < -0.4 is 16.0 Å². The smallest absolute Gasteiger partial charge is 0.324 e. The summed E-state index contributed by atoms with van der Waals surface area (Å²) in [4.78, 5) is 41.0. The number of carbonyl (C=O) groups excluding carboxylic acids is 3. The standard InChI is InChI=1S/C36H41N5O4/c1-22-12-14-24(15-13-22)41-31(20-30(40-41)36(2,3)4)39-35(44)38-27-9-6-5-8-25(27)32(23-16-18-37-19-17-23)34(43)26-21-45-29-11-7-10-28(42)33(26)29/h5-6,8-9,12-15,20-21,23,32,37H,7,10-11,16-19H2,1-4H3,(H2,38,39,44). The lowest BCUT2D eigenvalue weighted by atomic mass is 9.75. The molecule has 2 aromatic carbocycles. The molecule has 3 N–H and O–H groups in total. The van der Waals surface area contributed by atoms with Gasteiger partial charge in [-0.3, -0.25) is 14.9 Å². The lowest BCUT2D eigenvalue weighted by Gasteiger charge is -2.31. The summed E-state index contributed by atoms with van der Waals surface area (Å²) in [6.45, 7) is 9.86. The van der Waals surface area contributed by atoms with E-state index in [1.807, 2.05) is 61.5 Å². The largest absolute Gasteiger partial charge is 0.468 e. The van der Waals surface area contributed by atoms with E-state index in [9.17, 15) is 14.4 Å². The number of Topliss-reactive ketones (excluding diaryl/α,β-unsaturated/α-hetero) is 2. The van der Waals surface area contributed by atoms with Gasteiger partial charge in [0.05, 0.1) is 28.4 Å². The van der Waals surface area contributed by atoms with Crippen molar-refractivity contribution in [2.24, 2.45) is 5.92 Å². The Morgan fingerprint density at radius 3 is 2.49 bits per heavy atom. The maximum atomic E-state index is 14.4. The number of piperidine rings is 1. The van der Waals surface area contributed by atoms with Crippen LogP contribution in [0.25, 0.3) is 5.69 Å². The Kier molecular flexibility index (Phi) is 8.46. The number of carbonyl (C=O) groups is 3. The van der Waals surface area contributed by atoms with Crippen molar-refractivity contribution in [3.63, 3.8) is 0 Å². The molecule has 0 saturated carbocycles. The zero-order chi connectivity index (χ0) is 31.7. The van der Waals surface area contributed by atoms with Gasteiger partial charge in [-0.25, -0.2) is 9.48 Å². The van der Waals surface area contributed by atoms with Crippen molar-refractivity contribution in [3.05, 3.63) is 94.6 Å². The third-order valence-corrected chi connectivity index (χ3v) is 8.90. The van der Waals surface area contributed by atoms with Crippen molar-refractivity contribution in [1.29, 1.82) is 0 Å². The van der Waals surface area contributed by atoms with Crippen LogP contribution in [0.1, 0.15) is 95.7 Å². The topological polar surface area (TPSA) is 118 Å². The summed E-state index contributed by atoms with van der Waals surface area (Å²) in [5.74, 6) is 0.446. The number of anilines is 2. The number of fused-ring (bicyclic) bond motifs is 1. The number of nitrogens with one attached hydrogen (secondary N) is 3. The number of ketones is 2. The van der Waals surface area contributed by atoms with E-state index >= 15 is 0 Å². The molecule has 1 saturated heterocycles. The summed E-state index contributed by atoms with van der Waals surface area (Å²) >= 11 is 0. The molecule has 0 radical (unpaired) electrons. The third-order valence-electron chi connectivity index (χ3n) is 8.90. The van der Waals surface area contributed by atoms with Crippen molar-refractivity contribution in [2.45, 2.75) is 71.1 Å². The first kappa shape index (κ1) is 30.5. The number of aromatic nitrogens is 2. The highest BCUT2D eigenvalue weighted by atomic mass is 16.3. The van der Waals surface area contributed by atoms with Crippen LogP contribution in [-0.2, 0) is 11.8 Å². The Morgan fingerprint density at radius 2 is 1.76 bits per heavy atom. The number of benzene rings is 2. The fourth-order valence-electron chi connectivity index (χ4n) is 6.43. The molecule has 6 rings (SSSR count). The van der Waals surface area contributed by atoms with E-state index in [2.05, 4.69) is 36.7 Å². The lowest BCUT2D eigenvalue weighted by Crippen LogP contribution is -2.34. The molecule has 1 unspecified atom stereocenters. The minimum absolute atomic E-state index is 0.0336. The zero-order valence-corrected chi connectivity index (χ0v) is 26.4. The summed E-state index contributed by atoms with van der Waals surface area (Å²) in [5.41, 5.74) is 4.64. The fourth-order valence-corrected chi connectivity index (χ4v) is 6.43. The van der Waals surface area contributed by atoms with Crippen LogP contribution >= 0.6 is 0 Å². The van der Waals surface area contributed by atoms with Crippen molar-refractivity contribution in [1.82, 2.24) is 15.1 Å². The molecule has 2 amide bonds. The van der Waals surface area contributed by atoms with Gasteiger partial charge in [0, 0.05) is 30.0 Å². The average Bonchev–Trinajstić information content (AvgIpc) is 3.65. The first-order chi connectivity index (χ1) is 21.6. The summed E-state index contributed by atoms with van der Waals surface area (Å²) in [6.07, 6.45) is 4.87. The number of amides is 2. The van der Waals surface area contributed by atoms with Crippen LogP contribution in [0.5, 0.6) is 0 Å². The Balaban J connectivity index is 1.32. The molecule has 3 heterocycles. The van der Waals surface area contributed by atoms with Crippen molar-refractivity contribution in [2.75, 3.05) is 23.7 Å². The number of aryl methyl sites for hydroxylation is 2. The monoisotopic (exact) mass is 607 g/mol. The molecule has 9 heteroatoms. The second-order valence-corrected chi connectivity index (χ2v) is 13.2. The zero-order valence-electron chi connectivity index (χ0n) is 26.4. The molecule has 1 aliphatic heterocycles. The van der Waals surface area contributed by atoms with E-state index < -0.39 is 11.9 Å². The number of furan rings is 1. The van der Waals surface area contributed by atoms with Crippen LogP contribution in [0.2, 0.25) is 0 Å². The number of hydrogen-bond donors (Lipinski definition) is 3. The van der Waals surface area contributed by atoms with Crippen molar-refractivity contribution >= 4 is 29.1 Å². The molecule has 2 aliphatic rings. The molecule has 0 bridgehead atoms. The highest BCUT2D eigenvalue weighted by Crippen LogP contribution is 2.40. The minimum Gasteiger partial charge on any atom is -0.468 e. The van der Waals surface area contributed by atoms with E-state index in [1.54, 1.807) is 4.68 Å². The number of para-hydroxylation sites is 1. The average molecular weight is 608 g/mol. The van der Waals surface area contributed by atoms with Gasteiger partial charge < -0.3 is 15.1 Å². The Bertz CT molecular complexity index is 1720. The lowest BCUT2D eigenvalue weighted by molar-refractivity contribution is 0.0900. The van der Waals surface area contributed by atoms with E-state index in [1.165, 1.54) is 6.26 Å². The molecule has 2 aromatic heterocycles. The predicted octanol–water partition coefficient (Wildman–Crippen LogP) is 7.20. The van der Waals surface area contributed by atoms with E-state index in [0.29, 0.717) is 41.2 Å². The van der Waals surface area contributed by atoms with Gasteiger partial charge in [-0.2, -0.15) is 5.10 Å². The minimum atomic E-state index is -0.550. The van der Waals surface area contributed by atoms with Crippen LogP contribution in [0.4, 0.5) is 16.3 Å². The second-order valence-electron chi connectivity index (χ2n) is 13.2. The number of rotatable bonds is 7. The Hall–Kier alpha value is -4.50. The van der Waals surface area contributed by atoms with Gasteiger partial charge in [-0.05, 0) is 69.0 Å². The molecule has 0 spiro atoms. The van der Waals surface area contributed by atoms with Crippen molar-refractivity contribution < 1.29 is 18.8 Å². The molecule has 1 aliphatic carbocycles. The van der Waals surface area contributed by atoms with E-state index in [4.69, 9.17) is 9.52 Å². The Labute approximate surface area is 263 Å². The van der Waals surface area contributed by atoms with E-state index in [-0.39, 0.29) is 22.9 Å². The van der Waals surface area contributed by atoms with Gasteiger partial charge in [0.25, 0.3) is 0 Å². The highest BCUT2D eigenvalue weighted by Gasteiger charge is 2.37. The molecule has 45 heavy (non-hydrogen) atoms. The van der Waals surface area contributed by atoms with Gasteiger partial charge in [0.15, 0.2) is 11.6 Å². The molecule has 4 aromatic rings. The second kappa shape index (κ2) is 12.5. The normalized spacial score (nSPS) is 16.2. The quantitative estimate of drug-likeness (QED) is 0.191. The maximum absolute atomic E-state index is 14.4. The molecular formula is C36H41N5O4. The fraction of sp³-hybridized carbons (Fsp3) is 0.389. The summed E-state index contributed by atoms with van der Waals surface area (Å²) in [7, 11) is 0. The number of urea groups is 1. The first-order valence-corrected chi connectivity index (χ1v) is 15.8. The third kappa shape index (κ3) is 6.35. The predicted molar refractivity (Wildman–Crippen MR) is 175 cm³/mol. The number of hydrogen-bond acceptors (Lipinski definition) is 6. The SMILES string of the molecule is Cc1ccc(-n2nc(C(C)(C)C)cc2NC(=O)Nc2ccccc2C(C(=O)c2coc3c2C(=O)CCC3)C2CCNCC2)cc1. The summed E-state index contributed by atoms with van der Waals surface area (Å²) in [5, 5.41) is 14.3. The maximum Gasteiger partial charge on any atom is 0.324 e. The first-order valence-electron chi connectivity index (χ1n) is 15.8. The van der Waals surface area contributed by atoms with Crippen molar-refractivity contribution in [3.8, 4) is 5.69 Å². The van der Waals surface area contributed by atoms with Gasteiger partial charge in [0.2, 0.25) is 0 Å². The number of nitrogens with zero attached hydrogens (tertiary/aromatic N) is 2. The van der Waals surface area contributed by atoms with E-state index in [0.717, 1.165) is 54.9 Å². The molecule has 1 fully saturated rings. The Morgan fingerprint density at radius 1 is 1.02 bits per heavy atom. The highest BCUT2D eigenvalue weighted by molar-refractivity contribution is 6.12. The molecular weight excluding hydrogens is 566 g/mol. The summed E-state index contributed by atoms with van der Waals surface area (Å²) < 4.78 is 7.49. The van der Waals surface area contributed by atoms with Crippen LogP contribution in [0.3, 0.4) is 0 Å². The van der Waals surface area contributed by atoms with Gasteiger partial charge in [-0.15, -0.1) is 0 Å². The molecule has 9 nitrogen and oxygen atoms in total. The molecule has 1 atom stereocenters. The molecule has 234 valence electrons. The van der Waals surface area contributed by atoms with Gasteiger partial charge in [-0.1, -0.05) is 56.7 Å². The van der Waals surface area contributed by atoms with Crippen LogP contribution in [-0.4, -0.2) is 40.5 Å².